The number of carbonyl (C=O) groups excluding carboxylic acids is 1. The van der Waals surface area contributed by atoms with Gasteiger partial charge in [0.2, 0.25) is 5.91 Å². The zero-order chi connectivity index (χ0) is 12.7. The van der Waals surface area contributed by atoms with Crippen LogP contribution < -0.4 is 15.8 Å². The second-order valence-electron chi connectivity index (χ2n) is 3.51. The first-order valence-corrected chi connectivity index (χ1v) is 5.93. The summed E-state index contributed by atoms with van der Waals surface area (Å²) in [6, 6.07) is 5.46. The van der Waals surface area contributed by atoms with Crippen molar-refractivity contribution in [1.29, 1.82) is 0 Å². The summed E-state index contributed by atoms with van der Waals surface area (Å²) in [5, 5.41) is 3.31. The predicted molar refractivity (Wildman–Crippen MR) is 68.1 cm³/mol. The maximum absolute atomic E-state index is 11.2. The monoisotopic (exact) mass is 256 g/mol. The second kappa shape index (κ2) is 7.14. The number of hydrogen-bond acceptors (Lipinski definition) is 3. The van der Waals surface area contributed by atoms with Crippen LogP contribution in [0.25, 0.3) is 0 Å². The standard InChI is InChI=1S/C12H17ClN2O2/c1-2-17-11-4-3-9(7-10(11)13)8-15-12(16)5-6-14/h3-4,7H,2,5-6,8,14H2,1H3,(H,15,16). The van der Waals surface area contributed by atoms with E-state index >= 15 is 0 Å². The van der Waals surface area contributed by atoms with E-state index in [9.17, 15) is 4.79 Å². The van der Waals surface area contributed by atoms with Gasteiger partial charge in [-0.2, -0.15) is 0 Å². The summed E-state index contributed by atoms with van der Waals surface area (Å²) in [5.41, 5.74) is 6.21. The SMILES string of the molecule is CCOc1ccc(CNC(=O)CCN)cc1Cl. The van der Waals surface area contributed by atoms with Crippen LogP contribution in [0, 0.1) is 0 Å². The zero-order valence-corrected chi connectivity index (χ0v) is 10.6. The molecule has 3 N–H and O–H groups in total. The Morgan fingerprint density at radius 3 is 2.88 bits per heavy atom. The number of halogens is 1. The molecule has 0 saturated heterocycles. The molecule has 1 amide bonds. The van der Waals surface area contributed by atoms with E-state index in [4.69, 9.17) is 22.1 Å². The van der Waals surface area contributed by atoms with Gasteiger partial charge in [0.05, 0.1) is 11.6 Å². The van der Waals surface area contributed by atoms with Gasteiger partial charge in [-0.3, -0.25) is 4.79 Å². The molecule has 0 radical (unpaired) electrons. The second-order valence-corrected chi connectivity index (χ2v) is 3.92. The van der Waals surface area contributed by atoms with Crippen LogP contribution >= 0.6 is 11.6 Å². The van der Waals surface area contributed by atoms with Crippen molar-refractivity contribution in [3.05, 3.63) is 28.8 Å². The molecule has 0 aliphatic carbocycles. The van der Waals surface area contributed by atoms with Crippen LogP contribution in [0.2, 0.25) is 5.02 Å². The fourth-order valence-electron chi connectivity index (χ4n) is 1.35. The highest BCUT2D eigenvalue weighted by Gasteiger charge is 2.04. The molecule has 0 spiro atoms. The van der Waals surface area contributed by atoms with Crippen LogP contribution in [0.1, 0.15) is 18.9 Å². The summed E-state index contributed by atoms with van der Waals surface area (Å²) in [7, 11) is 0. The Bertz CT molecular complexity index is 383. The van der Waals surface area contributed by atoms with Crippen molar-refractivity contribution in [2.24, 2.45) is 5.73 Å². The molecule has 0 saturated carbocycles. The van der Waals surface area contributed by atoms with Gasteiger partial charge in [0.25, 0.3) is 0 Å². The quantitative estimate of drug-likeness (QED) is 0.814. The highest BCUT2D eigenvalue weighted by molar-refractivity contribution is 6.32. The average Bonchev–Trinajstić information content (AvgIpc) is 2.30. The maximum atomic E-state index is 11.2. The zero-order valence-electron chi connectivity index (χ0n) is 9.83. The van der Waals surface area contributed by atoms with Crippen molar-refractivity contribution in [3.8, 4) is 5.75 Å². The summed E-state index contributed by atoms with van der Waals surface area (Å²) < 4.78 is 5.32. The van der Waals surface area contributed by atoms with Crippen LogP contribution in [-0.2, 0) is 11.3 Å². The van der Waals surface area contributed by atoms with Crippen LogP contribution in [-0.4, -0.2) is 19.1 Å². The Hall–Kier alpha value is -1.26. The number of benzene rings is 1. The van der Waals surface area contributed by atoms with Crippen LogP contribution in [0.4, 0.5) is 0 Å². The van der Waals surface area contributed by atoms with Gasteiger partial charge in [-0.05, 0) is 24.6 Å². The minimum absolute atomic E-state index is 0.0579. The number of nitrogens with two attached hydrogens (primary N) is 1. The van der Waals surface area contributed by atoms with E-state index in [-0.39, 0.29) is 5.91 Å². The molecule has 4 nitrogen and oxygen atoms in total. The highest BCUT2D eigenvalue weighted by atomic mass is 35.5. The van der Waals surface area contributed by atoms with Gasteiger partial charge in [0, 0.05) is 19.5 Å². The lowest BCUT2D eigenvalue weighted by Gasteiger charge is -2.08. The van der Waals surface area contributed by atoms with Gasteiger partial charge < -0.3 is 15.8 Å². The topological polar surface area (TPSA) is 64.3 Å². The molecule has 5 heteroatoms. The molecule has 94 valence electrons. The number of amides is 1. The van der Waals surface area contributed by atoms with Crippen molar-refractivity contribution in [2.45, 2.75) is 19.9 Å². The van der Waals surface area contributed by atoms with E-state index in [2.05, 4.69) is 5.32 Å². The summed E-state index contributed by atoms with van der Waals surface area (Å²) in [6.45, 7) is 3.28. The maximum Gasteiger partial charge on any atom is 0.221 e. The highest BCUT2D eigenvalue weighted by Crippen LogP contribution is 2.25. The molecule has 1 rings (SSSR count). The number of ether oxygens (including phenoxy) is 1. The predicted octanol–water partition coefficient (Wildman–Crippen LogP) is 1.70. The fourth-order valence-corrected chi connectivity index (χ4v) is 1.60. The molecule has 0 aromatic heterocycles. The van der Waals surface area contributed by atoms with Gasteiger partial charge in [-0.1, -0.05) is 17.7 Å². The van der Waals surface area contributed by atoms with Gasteiger partial charge in [-0.25, -0.2) is 0 Å². The minimum atomic E-state index is -0.0579. The lowest BCUT2D eigenvalue weighted by atomic mass is 10.2. The Kier molecular flexibility index (Phi) is 5.80. The van der Waals surface area contributed by atoms with E-state index in [0.717, 1.165) is 5.56 Å². The third-order valence-electron chi connectivity index (χ3n) is 2.16. The van der Waals surface area contributed by atoms with E-state index < -0.39 is 0 Å². The first-order chi connectivity index (χ1) is 8.17. The normalized spacial score (nSPS) is 10.1. The number of hydrogen-bond donors (Lipinski definition) is 2. The molecule has 1 aromatic rings. The Labute approximate surface area is 106 Å². The Balaban J connectivity index is 2.55. The molecule has 0 unspecified atom stereocenters. The lowest BCUT2D eigenvalue weighted by molar-refractivity contribution is -0.121. The van der Waals surface area contributed by atoms with Gasteiger partial charge >= 0.3 is 0 Å². The van der Waals surface area contributed by atoms with Crippen LogP contribution in [0.15, 0.2) is 18.2 Å². The van der Waals surface area contributed by atoms with Crippen LogP contribution in [0.5, 0.6) is 5.75 Å². The Morgan fingerprint density at radius 2 is 2.29 bits per heavy atom. The first-order valence-electron chi connectivity index (χ1n) is 5.55. The van der Waals surface area contributed by atoms with E-state index in [1.807, 2.05) is 13.0 Å². The number of nitrogens with one attached hydrogen (secondary N) is 1. The number of rotatable bonds is 6. The largest absolute Gasteiger partial charge is 0.492 e. The van der Waals surface area contributed by atoms with Gasteiger partial charge in [0.1, 0.15) is 5.75 Å². The van der Waals surface area contributed by atoms with Gasteiger partial charge in [-0.15, -0.1) is 0 Å². The molecule has 17 heavy (non-hydrogen) atoms. The molecule has 0 aliphatic heterocycles. The molecular weight excluding hydrogens is 240 g/mol. The summed E-state index contributed by atoms with van der Waals surface area (Å²) >= 11 is 6.03. The number of carbonyl (C=O) groups is 1. The third kappa shape index (κ3) is 4.63. The molecule has 0 bridgehead atoms. The van der Waals surface area contributed by atoms with E-state index in [1.54, 1.807) is 12.1 Å². The van der Waals surface area contributed by atoms with Crippen LogP contribution in [0.3, 0.4) is 0 Å². The third-order valence-corrected chi connectivity index (χ3v) is 2.45. The minimum Gasteiger partial charge on any atom is -0.492 e. The molecule has 0 aliphatic rings. The average molecular weight is 257 g/mol. The summed E-state index contributed by atoms with van der Waals surface area (Å²) in [5.74, 6) is 0.601. The van der Waals surface area contributed by atoms with Gasteiger partial charge in [0.15, 0.2) is 0 Å². The Morgan fingerprint density at radius 1 is 1.53 bits per heavy atom. The smallest absolute Gasteiger partial charge is 0.221 e. The molecule has 0 heterocycles. The van der Waals surface area contributed by atoms with Crippen molar-refractivity contribution in [3.63, 3.8) is 0 Å². The fraction of sp³-hybridized carbons (Fsp3) is 0.417. The van der Waals surface area contributed by atoms with Crippen molar-refractivity contribution in [2.75, 3.05) is 13.2 Å². The summed E-state index contributed by atoms with van der Waals surface area (Å²) in [4.78, 5) is 11.2. The molecule has 0 fully saturated rings. The van der Waals surface area contributed by atoms with E-state index in [1.165, 1.54) is 0 Å². The molecule has 1 aromatic carbocycles. The van der Waals surface area contributed by atoms with E-state index in [0.29, 0.717) is 36.9 Å². The van der Waals surface area contributed by atoms with Crippen molar-refractivity contribution in [1.82, 2.24) is 5.32 Å². The first kappa shape index (κ1) is 13.8. The van der Waals surface area contributed by atoms with Crippen molar-refractivity contribution < 1.29 is 9.53 Å². The molecule has 0 atom stereocenters. The summed E-state index contributed by atoms with van der Waals surface area (Å²) in [6.07, 6.45) is 0.338. The lowest BCUT2D eigenvalue weighted by Crippen LogP contribution is -2.24. The molecular formula is C12H17ClN2O2. The van der Waals surface area contributed by atoms with Crippen molar-refractivity contribution >= 4 is 17.5 Å².